The SMILES string of the molecule is COCC(=O)Nc1ccc(-c2nc(Cn3nc(C)cc3C)c(C)o2)cc1. The summed E-state index contributed by atoms with van der Waals surface area (Å²) in [6.45, 7) is 6.48. The molecule has 2 heterocycles. The lowest BCUT2D eigenvalue weighted by Gasteiger charge is -2.04. The van der Waals surface area contributed by atoms with Crippen molar-refractivity contribution in [3.8, 4) is 11.5 Å². The van der Waals surface area contributed by atoms with Crippen molar-refractivity contribution in [1.29, 1.82) is 0 Å². The van der Waals surface area contributed by atoms with E-state index in [-0.39, 0.29) is 12.5 Å². The zero-order valence-corrected chi connectivity index (χ0v) is 15.4. The number of nitrogens with one attached hydrogen (secondary N) is 1. The molecule has 0 radical (unpaired) electrons. The molecule has 0 aliphatic rings. The minimum Gasteiger partial charge on any atom is -0.441 e. The topological polar surface area (TPSA) is 82.2 Å². The van der Waals surface area contributed by atoms with Crippen molar-refractivity contribution >= 4 is 11.6 Å². The summed E-state index contributed by atoms with van der Waals surface area (Å²) in [4.78, 5) is 16.2. The van der Waals surface area contributed by atoms with Crippen molar-refractivity contribution in [2.24, 2.45) is 0 Å². The number of benzene rings is 1. The van der Waals surface area contributed by atoms with Crippen LogP contribution in [-0.4, -0.2) is 34.4 Å². The van der Waals surface area contributed by atoms with Crippen molar-refractivity contribution < 1.29 is 13.9 Å². The van der Waals surface area contributed by atoms with Gasteiger partial charge in [-0.25, -0.2) is 4.98 Å². The Balaban J connectivity index is 1.76. The van der Waals surface area contributed by atoms with Gasteiger partial charge in [0.15, 0.2) is 0 Å². The highest BCUT2D eigenvalue weighted by Gasteiger charge is 2.13. The maximum absolute atomic E-state index is 11.5. The summed E-state index contributed by atoms with van der Waals surface area (Å²) < 4.78 is 12.5. The van der Waals surface area contributed by atoms with Crippen molar-refractivity contribution in [2.45, 2.75) is 27.3 Å². The molecular weight excluding hydrogens is 332 g/mol. The molecule has 2 aromatic heterocycles. The van der Waals surface area contributed by atoms with Crippen LogP contribution in [0.25, 0.3) is 11.5 Å². The summed E-state index contributed by atoms with van der Waals surface area (Å²) in [6.07, 6.45) is 0. The summed E-state index contributed by atoms with van der Waals surface area (Å²) in [6, 6.07) is 9.38. The second kappa shape index (κ2) is 7.53. The first kappa shape index (κ1) is 17.9. The van der Waals surface area contributed by atoms with Crippen LogP contribution in [0.5, 0.6) is 0 Å². The summed E-state index contributed by atoms with van der Waals surface area (Å²) >= 11 is 0. The van der Waals surface area contributed by atoms with Crippen LogP contribution in [0.3, 0.4) is 0 Å². The van der Waals surface area contributed by atoms with Gasteiger partial charge in [-0.3, -0.25) is 9.48 Å². The van der Waals surface area contributed by atoms with Gasteiger partial charge in [-0.2, -0.15) is 5.10 Å². The number of aryl methyl sites for hydroxylation is 3. The molecule has 136 valence electrons. The van der Waals surface area contributed by atoms with Gasteiger partial charge in [0.2, 0.25) is 11.8 Å². The molecule has 0 bridgehead atoms. The number of oxazole rings is 1. The van der Waals surface area contributed by atoms with Crippen LogP contribution in [0.1, 0.15) is 22.8 Å². The van der Waals surface area contributed by atoms with Crippen LogP contribution in [-0.2, 0) is 16.1 Å². The highest BCUT2D eigenvalue weighted by molar-refractivity contribution is 5.91. The van der Waals surface area contributed by atoms with Crippen molar-refractivity contribution in [3.05, 3.63) is 53.2 Å². The Bertz CT molecular complexity index is 910. The number of aromatic nitrogens is 3. The third kappa shape index (κ3) is 4.00. The Morgan fingerprint density at radius 3 is 2.58 bits per heavy atom. The minimum atomic E-state index is -0.195. The lowest BCUT2D eigenvalue weighted by atomic mass is 10.2. The molecule has 0 fully saturated rings. The number of nitrogens with zero attached hydrogens (tertiary/aromatic N) is 3. The third-order valence-electron chi connectivity index (χ3n) is 3.99. The van der Waals surface area contributed by atoms with E-state index in [2.05, 4.69) is 15.4 Å². The van der Waals surface area contributed by atoms with Gasteiger partial charge in [-0.1, -0.05) is 0 Å². The molecule has 3 rings (SSSR count). The van der Waals surface area contributed by atoms with E-state index in [1.807, 2.05) is 55.8 Å². The largest absolute Gasteiger partial charge is 0.441 e. The van der Waals surface area contributed by atoms with Crippen LogP contribution in [0.4, 0.5) is 5.69 Å². The zero-order chi connectivity index (χ0) is 18.7. The predicted octanol–water partition coefficient (Wildman–Crippen LogP) is 3.10. The number of carbonyl (C=O) groups excluding carboxylic acids is 1. The van der Waals surface area contributed by atoms with Crippen LogP contribution in [0.15, 0.2) is 34.7 Å². The van der Waals surface area contributed by atoms with Gasteiger partial charge >= 0.3 is 0 Å². The molecule has 0 spiro atoms. The van der Waals surface area contributed by atoms with Crippen LogP contribution >= 0.6 is 0 Å². The van der Waals surface area contributed by atoms with E-state index in [0.717, 1.165) is 28.4 Å². The van der Waals surface area contributed by atoms with Crippen LogP contribution in [0, 0.1) is 20.8 Å². The average Bonchev–Trinajstić information content (AvgIpc) is 3.11. The number of rotatable bonds is 6. The van der Waals surface area contributed by atoms with Gasteiger partial charge in [0.05, 0.1) is 12.2 Å². The van der Waals surface area contributed by atoms with Crippen LogP contribution in [0.2, 0.25) is 0 Å². The van der Waals surface area contributed by atoms with Crippen LogP contribution < -0.4 is 5.32 Å². The second-order valence-corrected chi connectivity index (χ2v) is 6.17. The fourth-order valence-electron chi connectivity index (χ4n) is 2.70. The molecule has 3 aromatic rings. The average molecular weight is 354 g/mol. The highest BCUT2D eigenvalue weighted by Crippen LogP contribution is 2.24. The van der Waals surface area contributed by atoms with Crippen molar-refractivity contribution in [2.75, 3.05) is 19.0 Å². The highest BCUT2D eigenvalue weighted by atomic mass is 16.5. The molecule has 26 heavy (non-hydrogen) atoms. The minimum absolute atomic E-state index is 0.0242. The van der Waals surface area contributed by atoms with E-state index in [0.29, 0.717) is 18.1 Å². The van der Waals surface area contributed by atoms with E-state index in [1.54, 1.807) is 0 Å². The molecule has 0 saturated carbocycles. The Labute approximate surface area is 152 Å². The molecule has 0 saturated heterocycles. The first-order chi connectivity index (χ1) is 12.5. The maximum atomic E-state index is 11.5. The van der Waals surface area contributed by atoms with Gasteiger partial charge < -0.3 is 14.5 Å². The molecule has 0 aliphatic carbocycles. The van der Waals surface area contributed by atoms with E-state index >= 15 is 0 Å². The lowest BCUT2D eigenvalue weighted by molar-refractivity contribution is -0.119. The Morgan fingerprint density at radius 1 is 1.23 bits per heavy atom. The van der Waals surface area contributed by atoms with Gasteiger partial charge in [-0.05, 0) is 51.1 Å². The fourth-order valence-corrected chi connectivity index (χ4v) is 2.70. The number of anilines is 1. The Hall–Kier alpha value is -2.93. The number of carbonyl (C=O) groups is 1. The Morgan fingerprint density at radius 2 is 1.96 bits per heavy atom. The normalized spacial score (nSPS) is 10.9. The monoisotopic (exact) mass is 354 g/mol. The number of amides is 1. The van der Waals surface area contributed by atoms with E-state index in [1.165, 1.54) is 7.11 Å². The molecule has 7 heteroatoms. The number of ether oxygens (including phenoxy) is 1. The molecule has 1 amide bonds. The summed E-state index contributed by atoms with van der Waals surface area (Å²) in [5, 5.41) is 7.22. The summed E-state index contributed by atoms with van der Waals surface area (Å²) in [7, 11) is 1.48. The van der Waals surface area contributed by atoms with E-state index in [4.69, 9.17) is 9.15 Å². The number of hydrogen-bond donors (Lipinski definition) is 1. The molecule has 0 atom stereocenters. The van der Waals surface area contributed by atoms with Gasteiger partial charge in [0.1, 0.15) is 18.1 Å². The van der Waals surface area contributed by atoms with Gasteiger partial charge in [-0.15, -0.1) is 0 Å². The predicted molar refractivity (Wildman–Crippen MR) is 98.0 cm³/mol. The maximum Gasteiger partial charge on any atom is 0.250 e. The van der Waals surface area contributed by atoms with Gasteiger partial charge in [0.25, 0.3) is 0 Å². The number of hydrogen-bond acceptors (Lipinski definition) is 5. The third-order valence-corrected chi connectivity index (χ3v) is 3.99. The zero-order valence-electron chi connectivity index (χ0n) is 15.4. The molecule has 7 nitrogen and oxygen atoms in total. The molecule has 1 aromatic carbocycles. The number of methoxy groups -OCH3 is 1. The second-order valence-electron chi connectivity index (χ2n) is 6.17. The first-order valence-electron chi connectivity index (χ1n) is 8.33. The summed E-state index contributed by atoms with van der Waals surface area (Å²) in [5.74, 6) is 1.12. The molecular formula is C19H22N4O3. The smallest absolute Gasteiger partial charge is 0.250 e. The Kier molecular flexibility index (Phi) is 5.18. The molecule has 0 unspecified atom stereocenters. The van der Waals surface area contributed by atoms with Crippen molar-refractivity contribution in [1.82, 2.24) is 14.8 Å². The lowest BCUT2D eigenvalue weighted by Crippen LogP contribution is -2.16. The standard InChI is InChI=1S/C19H22N4O3/c1-12-9-13(2)23(22-12)10-17-14(3)26-19(21-17)15-5-7-16(8-6-15)20-18(24)11-25-4/h5-9H,10-11H2,1-4H3,(H,20,24). The van der Waals surface area contributed by atoms with E-state index in [9.17, 15) is 4.79 Å². The van der Waals surface area contributed by atoms with Gasteiger partial charge in [0, 0.05) is 24.1 Å². The fraction of sp³-hybridized carbons (Fsp3) is 0.316. The summed E-state index contributed by atoms with van der Waals surface area (Å²) in [5.41, 5.74) is 4.46. The molecule has 1 N–H and O–H groups in total. The van der Waals surface area contributed by atoms with E-state index < -0.39 is 0 Å². The quantitative estimate of drug-likeness (QED) is 0.735. The first-order valence-corrected chi connectivity index (χ1v) is 8.33. The molecule has 0 aliphatic heterocycles. The van der Waals surface area contributed by atoms with Crippen molar-refractivity contribution in [3.63, 3.8) is 0 Å².